The molecule has 0 aliphatic carbocycles. The van der Waals surface area contributed by atoms with Crippen LogP contribution in [0.25, 0.3) is 21.9 Å². The summed E-state index contributed by atoms with van der Waals surface area (Å²) < 4.78 is 13.9. The van der Waals surface area contributed by atoms with Crippen molar-refractivity contribution in [2.75, 3.05) is 6.61 Å². The highest BCUT2D eigenvalue weighted by Crippen LogP contribution is 2.32. The molecule has 4 aromatic rings. The van der Waals surface area contributed by atoms with Gasteiger partial charge in [0.25, 0.3) is 0 Å². The minimum atomic E-state index is 0.442. The highest BCUT2D eigenvalue weighted by atomic mass is 79.9. The molecule has 0 unspecified atom stereocenters. The van der Waals surface area contributed by atoms with Gasteiger partial charge in [0.1, 0.15) is 17.7 Å². The normalized spacial score (nSPS) is 11.3. The third-order valence-corrected chi connectivity index (χ3v) is 6.13. The van der Waals surface area contributed by atoms with Crippen LogP contribution in [0.1, 0.15) is 23.1 Å². The smallest absolute Gasteiger partial charge is 0.161 e. The molecule has 0 radical (unpaired) electrons. The molecule has 154 valence electrons. The SMILES string of the molecule is CCOc1cc(/C=C(/C#N)c2nc3ccccc3s2)ccc1OCc1ccc(Br)cc1. The van der Waals surface area contributed by atoms with Gasteiger partial charge in [0.05, 0.1) is 22.4 Å². The molecule has 1 heterocycles. The van der Waals surface area contributed by atoms with E-state index in [1.54, 1.807) is 0 Å². The highest BCUT2D eigenvalue weighted by Gasteiger charge is 2.11. The summed E-state index contributed by atoms with van der Waals surface area (Å²) >= 11 is 4.95. The number of thiazole rings is 1. The second kappa shape index (κ2) is 9.78. The van der Waals surface area contributed by atoms with Gasteiger partial charge in [-0.3, -0.25) is 0 Å². The van der Waals surface area contributed by atoms with E-state index in [0.717, 1.165) is 25.8 Å². The van der Waals surface area contributed by atoms with Crippen molar-refractivity contribution >= 4 is 49.1 Å². The van der Waals surface area contributed by atoms with Gasteiger partial charge < -0.3 is 9.47 Å². The molecule has 3 aromatic carbocycles. The van der Waals surface area contributed by atoms with Crippen LogP contribution in [0.3, 0.4) is 0 Å². The predicted octanol–water partition coefficient (Wildman–Crippen LogP) is 7.10. The van der Waals surface area contributed by atoms with E-state index in [1.807, 2.05) is 79.7 Å². The van der Waals surface area contributed by atoms with E-state index in [1.165, 1.54) is 11.3 Å². The van der Waals surface area contributed by atoms with Gasteiger partial charge in [-0.05, 0) is 60.5 Å². The molecule has 6 heteroatoms. The number of halogens is 1. The van der Waals surface area contributed by atoms with Crippen molar-refractivity contribution in [1.29, 1.82) is 5.26 Å². The van der Waals surface area contributed by atoms with Crippen molar-refractivity contribution in [3.05, 3.63) is 87.3 Å². The zero-order chi connectivity index (χ0) is 21.6. The Morgan fingerprint density at radius 3 is 2.61 bits per heavy atom. The van der Waals surface area contributed by atoms with Crippen molar-refractivity contribution in [1.82, 2.24) is 4.98 Å². The van der Waals surface area contributed by atoms with E-state index in [2.05, 4.69) is 27.0 Å². The van der Waals surface area contributed by atoms with Gasteiger partial charge in [-0.1, -0.05) is 46.3 Å². The third kappa shape index (κ3) is 5.13. The van der Waals surface area contributed by atoms with Crippen molar-refractivity contribution in [2.24, 2.45) is 0 Å². The van der Waals surface area contributed by atoms with Gasteiger partial charge in [0, 0.05) is 4.47 Å². The molecule has 0 aliphatic rings. The average Bonchev–Trinajstić information content (AvgIpc) is 3.22. The van der Waals surface area contributed by atoms with Crippen LogP contribution in [0.5, 0.6) is 11.5 Å². The molecule has 4 nitrogen and oxygen atoms in total. The second-order valence-corrected chi connectivity index (χ2v) is 8.66. The van der Waals surface area contributed by atoms with E-state index in [9.17, 15) is 5.26 Å². The number of para-hydroxylation sites is 1. The van der Waals surface area contributed by atoms with Crippen LogP contribution in [0.4, 0.5) is 0 Å². The first-order valence-electron chi connectivity index (χ1n) is 9.78. The lowest BCUT2D eigenvalue weighted by atomic mass is 10.1. The van der Waals surface area contributed by atoms with Gasteiger partial charge in [0.15, 0.2) is 11.5 Å². The van der Waals surface area contributed by atoms with Gasteiger partial charge in [-0.25, -0.2) is 4.98 Å². The van der Waals surface area contributed by atoms with Gasteiger partial charge in [-0.15, -0.1) is 11.3 Å². The minimum Gasteiger partial charge on any atom is -0.490 e. The molecule has 31 heavy (non-hydrogen) atoms. The number of aromatic nitrogens is 1. The van der Waals surface area contributed by atoms with E-state index in [4.69, 9.17) is 9.47 Å². The summed E-state index contributed by atoms with van der Waals surface area (Å²) in [6.07, 6.45) is 1.83. The first kappa shape index (κ1) is 21.1. The Hall–Kier alpha value is -3.14. The topological polar surface area (TPSA) is 55.1 Å². The molecule has 0 spiro atoms. The Morgan fingerprint density at radius 2 is 1.87 bits per heavy atom. The zero-order valence-corrected chi connectivity index (χ0v) is 19.2. The third-order valence-electron chi connectivity index (χ3n) is 4.53. The summed E-state index contributed by atoms with van der Waals surface area (Å²) in [6, 6.07) is 23.9. The number of rotatable bonds is 7. The fourth-order valence-electron chi connectivity index (χ4n) is 3.04. The monoisotopic (exact) mass is 490 g/mol. The van der Waals surface area contributed by atoms with Crippen LogP contribution in [-0.2, 0) is 6.61 Å². The molecular formula is C25H19BrN2O2S. The molecule has 0 N–H and O–H groups in total. The molecular weight excluding hydrogens is 472 g/mol. The van der Waals surface area contributed by atoms with Crippen molar-refractivity contribution in [3.63, 3.8) is 0 Å². The Bertz CT molecular complexity index is 1240. The van der Waals surface area contributed by atoms with Crippen LogP contribution < -0.4 is 9.47 Å². The van der Waals surface area contributed by atoms with Gasteiger partial charge in [-0.2, -0.15) is 5.26 Å². The molecule has 0 saturated heterocycles. The lowest BCUT2D eigenvalue weighted by Gasteiger charge is -2.13. The van der Waals surface area contributed by atoms with E-state index in [-0.39, 0.29) is 0 Å². The number of nitrogens with zero attached hydrogens (tertiary/aromatic N) is 2. The Kier molecular flexibility index (Phi) is 6.66. The Morgan fingerprint density at radius 1 is 1.06 bits per heavy atom. The number of fused-ring (bicyclic) bond motifs is 1. The molecule has 0 aliphatic heterocycles. The lowest BCUT2D eigenvalue weighted by Crippen LogP contribution is -2.00. The maximum Gasteiger partial charge on any atom is 0.161 e. The summed E-state index contributed by atoms with van der Waals surface area (Å²) in [5, 5.41) is 10.4. The van der Waals surface area contributed by atoms with Crippen LogP contribution in [0.15, 0.2) is 71.2 Å². The summed E-state index contributed by atoms with van der Waals surface area (Å²) in [4.78, 5) is 4.59. The number of allylic oxidation sites excluding steroid dienone is 1. The lowest BCUT2D eigenvalue weighted by molar-refractivity contribution is 0.269. The van der Waals surface area contributed by atoms with Crippen LogP contribution in [-0.4, -0.2) is 11.6 Å². The van der Waals surface area contributed by atoms with E-state index in [0.29, 0.717) is 35.3 Å². The van der Waals surface area contributed by atoms with Crippen molar-refractivity contribution in [2.45, 2.75) is 13.5 Å². The first-order valence-corrected chi connectivity index (χ1v) is 11.4. The standard InChI is InChI=1S/C25H19BrN2O2S/c1-2-29-23-14-18(9-12-22(23)30-16-17-7-10-20(26)11-8-17)13-19(15-27)25-28-21-5-3-4-6-24(21)31-25/h3-14H,2,16H2,1H3/b19-13-. The number of ether oxygens (including phenoxy) is 2. The maximum atomic E-state index is 9.71. The largest absolute Gasteiger partial charge is 0.490 e. The van der Waals surface area contributed by atoms with Gasteiger partial charge in [0.2, 0.25) is 0 Å². The summed E-state index contributed by atoms with van der Waals surface area (Å²) in [5.41, 5.74) is 3.34. The Labute approximate surface area is 193 Å². The van der Waals surface area contributed by atoms with E-state index >= 15 is 0 Å². The summed E-state index contributed by atoms with van der Waals surface area (Å²) in [6.45, 7) is 2.89. The number of nitriles is 1. The van der Waals surface area contributed by atoms with Crippen LogP contribution in [0, 0.1) is 11.3 Å². The molecule has 0 amide bonds. The van der Waals surface area contributed by atoms with Crippen molar-refractivity contribution in [3.8, 4) is 17.6 Å². The van der Waals surface area contributed by atoms with E-state index < -0.39 is 0 Å². The quantitative estimate of drug-likeness (QED) is 0.259. The number of benzene rings is 3. The van der Waals surface area contributed by atoms with Crippen LogP contribution >= 0.6 is 27.3 Å². The highest BCUT2D eigenvalue weighted by molar-refractivity contribution is 9.10. The molecule has 0 atom stereocenters. The predicted molar refractivity (Wildman–Crippen MR) is 129 cm³/mol. The number of hydrogen-bond acceptors (Lipinski definition) is 5. The molecule has 1 aromatic heterocycles. The second-order valence-electron chi connectivity index (χ2n) is 6.71. The van der Waals surface area contributed by atoms with Crippen molar-refractivity contribution < 1.29 is 9.47 Å². The fraction of sp³-hybridized carbons (Fsp3) is 0.120. The number of hydrogen-bond donors (Lipinski definition) is 0. The van der Waals surface area contributed by atoms with Gasteiger partial charge >= 0.3 is 0 Å². The minimum absolute atomic E-state index is 0.442. The molecule has 4 rings (SSSR count). The summed E-state index contributed by atoms with van der Waals surface area (Å²) in [5.74, 6) is 1.32. The molecule has 0 fully saturated rings. The first-order chi connectivity index (χ1) is 15.2. The Balaban J connectivity index is 1.59. The van der Waals surface area contributed by atoms with Crippen LogP contribution in [0.2, 0.25) is 0 Å². The zero-order valence-electron chi connectivity index (χ0n) is 16.8. The maximum absolute atomic E-state index is 9.71. The fourth-order valence-corrected chi connectivity index (χ4v) is 4.24. The molecule has 0 saturated carbocycles. The average molecular weight is 491 g/mol. The summed E-state index contributed by atoms with van der Waals surface area (Å²) in [7, 11) is 0. The molecule has 0 bridgehead atoms.